The number of ketones is 1. The summed E-state index contributed by atoms with van der Waals surface area (Å²) in [7, 11) is -3.00. The van der Waals surface area contributed by atoms with Gasteiger partial charge < -0.3 is 0 Å². The highest BCUT2D eigenvalue weighted by molar-refractivity contribution is 9.10. The van der Waals surface area contributed by atoms with Crippen molar-refractivity contribution in [2.24, 2.45) is 0 Å². The summed E-state index contributed by atoms with van der Waals surface area (Å²) in [6, 6.07) is 4.97. The molecule has 0 N–H and O–H groups in total. The fourth-order valence-electron chi connectivity index (χ4n) is 1.41. The van der Waals surface area contributed by atoms with E-state index in [9.17, 15) is 13.2 Å². The van der Waals surface area contributed by atoms with Crippen molar-refractivity contribution in [2.75, 3.05) is 11.5 Å². The lowest BCUT2D eigenvalue weighted by molar-refractivity contribution is 0.0982. The van der Waals surface area contributed by atoms with Crippen molar-refractivity contribution in [3.63, 3.8) is 0 Å². The molecule has 0 unspecified atom stereocenters. The van der Waals surface area contributed by atoms with Crippen molar-refractivity contribution in [3.05, 3.63) is 33.3 Å². The van der Waals surface area contributed by atoms with E-state index in [1.165, 1.54) is 0 Å². The predicted molar refractivity (Wildman–Crippen MR) is 77.0 cm³/mol. The van der Waals surface area contributed by atoms with Crippen LogP contribution >= 0.6 is 27.5 Å². The van der Waals surface area contributed by atoms with Crippen molar-refractivity contribution in [3.8, 4) is 0 Å². The number of benzene rings is 1. The molecule has 0 fully saturated rings. The zero-order valence-corrected chi connectivity index (χ0v) is 13.1. The highest BCUT2D eigenvalue weighted by atomic mass is 79.9. The Balaban J connectivity index is 2.58. The molecule has 1 aromatic rings. The van der Waals surface area contributed by atoms with E-state index in [4.69, 9.17) is 11.6 Å². The molecule has 0 aromatic heterocycles. The molecular weight excluding hydrogens is 340 g/mol. The first-order valence-electron chi connectivity index (χ1n) is 5.54. The van der Waals surface area contributed by atoms with Gasteiger partial charge in [0.05, 0.1) is 10.8 Å². The minimum atomic E-state index is -3.00. The third-order valence-electron chi connectivity index (χ3n) is 2.54. The molecule has 0 bridgehead atoms. The number of hydrogen-bond donors (Lipinski definition) is 0. The number of halogens is 2. The molecule has 6 heteroatoms. The average Bonchev–Trinajstić information content (AvgIpc) is 2.32. The van der Waals surface area contributed by atoms with Gasteiger partial charge in [-0.25, -0.2) is 8.42 Å². The average molecular weight is 354 g/mol. The van der Waals surface area contributed by atoms with Crippen molar-refractivity contribution in [1.29, 1.82) is 0 Å². The molecule has 18 heavy (non-hydrogen) atoms. The van der Waals surface area contributed by atoms with E-state index in [1.807, 2.05) is 0 Å². The molecule has 0 atom stereocenters. The summed E-state index contributed by atoms with van der Waals surface area (Å²) in [6.07, 6.45) is 0.569. The first-order valence-corrected chi connectivity index (χ1v) is 8.53. The van der Waals surface area contributed by atoms with Gasteiger partial charge in [0, 0.05) is 22.2 Å². The lowest BCUT2D eigenvalue weighted by Crippen LogP contribution is -2.10. The van der Waals surface area contributed by atoms with Gasteiger partial charge in [0.2, 0.25) is 0 Å². The zero-order valence-electron chi connectivity index (χ0n) is 9.95. The van der Waals surface area contributed by atoms with Crippen molar-refractivity contribution in [2.45, 2.75) is 19.8 Å². The smallest absolute Gasteiger partial charge is 0.162 e. The van der Waals surface area contributed by atoms with Crippen LogP contribution in [0, 0.1) is 0 Å². The second-order valence-electron chi connectivity index (χ2n) is 3.89. The Morgan fingerprint density at radius 2 is 2.06 bits per heavy atom. The van der Waals surface area contributed by atoms with E-state index in [0.29, 0.717) is 17.0 Å². The van der Waals surface area contributed by atoms with Gasteiger partial charge in [-0.15, -0.1) is 0 Å². The molecule has 0 amide bonds. The first kappa shape index (κ1) is 15.7. The van der Waals surface area contributed by atoms with E-state index in [1.54, 1.807) is 25.1 Å². The van der Waals surface area contributed by atoms with Crippen molar-refractivity contribution in [1.82, 2.24) is 0 Å². The van der Waals surface area contributed by atoms with Crippen LogP contribution in [0.4, 0.5) is 0 Å². The van der Waals surface area contributed by atoms with Crippen LogP contribution in [0.1, 0.15) is 30.1 Å². The van der Waals surface area contributed by atoms with Crippen LogP contribution in [0.3, 0.4) is 0 Å². The number of rotatable bonds is 6. The molecule has 0 radical (unpaired) electrons. The zero-order chi connectivity index (χ0) is 13.8. The Labute approximate surface area is 121 Å². The second kappa shape index (κ2) is 6.68. The van der Waals surface area contributed by atoms with Crippen LogP contribution in [-0.2, 0) is 9.84 Å². The minimum absolute atomic E-state index is 0.0551. The van der Waals surface area contributed by atoms with Crippen LogP contribution in [0.15, 0.2) is 22.7 Å². The topological polar surface area (TPSA) is 51.2 Å². The van der Waals surface area contributed by atoms with Gasteiger partial charge in [0.1, 0.15) is 9.84 Å². The van der Waals surface area contributed by atoms with Gasteiger partial charge in [0.25, 0.3) is 0 Å². The Morgan fingerprint density at radius 1 is 1.39 bits per heavy atom. The molecule has 1 rings (SSSR count). The maximum atomic E-state index is 11.8. The van der Waals surface area contributed by atoms with Crippen LogP contribution < -0.4 is 0 Å². The molecule has 0 heterocycles. The molecular formula is C12H14BrClO3S. The summed E-state index contributed by atoms with van der Waals surface area (Å²) in [4.78, 5) is 11.8. The largest absolute Gasteiger partial charge is 0.294 e. The third kappa shape index (κ3) is 4.71. The van der Waals surface area contributed by atoms with E-state index in [0.717, 1.165) is 4.47 Å². The molecule has 0 aliphatic carbocycles. The summed E-state index contributed by atoms with van der Waals surface area (Å²) >= 11 is 9.14. The van der Waals surface area contributed by atoms with Crippen LogP contribution in [0.5, 0.6) is 0 Å². The standard InChI is InChI=1S/C12H14BrClO3S/c1-2-18(16,17)7-3-4-12(15)9-5-6-10(13)11(14)8-9/h5-6,8H,2-4,7H2,1H3. The fourth-order valence-corrected chi connectivity index (χ4v) is 2.71. The number of Topliss-reactive ketones (excluding diaryl/α,β-unsaturated/α-hetero) is 1. The summed E-state index contributed by atoms with van der Waals surface area (Å²) in [6.45, 7) is 1.60. The monoisotopic (exact) mass is 352 g/mol. The fraction of sp³-hybridized carbons (Fsp3) is 0.417. The van der Waals surface area contributed by atoms with Gasteiger partial charge in [-0.2, -0.15) is 0 Å². The molecule has 0 aliphatic rings. The summed E-state index contributed by atoms with van der Waals surface area (Å²) in [5.74, 6) is 0.0841. The van der Waals surface area contributed by atoms with Gasteiger partial charge >= 0.3 is 0 Å². The highest BCUT2D eigenvalue weighted by Crippen LogP contribution is 2.23. The van der Waals surface area contributed by atoms with Crippen LogP contribution in [-0.4, -0.2) is 25.7 Å². The second-order valence-corrected chi connectivity index (χ2v) is 7.63. The Kier molecular flexibility index (Phi) is 5.82. The molecule has 0 saturated carbocycles. The van der Waals surface area contributed by atoms with Crippen molar-refractivity contribution >= 4 is 43.2 Å². The molecule has 0 spiro atoms. The number of hydrogen-bond acceptors (Lipinski definition) is 3. The van der Waals surface area contributed by atoms with E-state index >= 15 is 0 Å². The number of sulfone groups is 1. The predicted octanol–water partition coefficient (Wildman–Crippen LogP) is 3.50. The van der Waals surface area contributed by atoms with E-state index < -0.39 is 9.84 Å². The van der Waals surface area contributed by atoms with Gasteiger partial charge in [-0.1, -0.05) is 24.6 Å². The van der Waals surface area contributed by atoms with Gasteiger partial charge in [0.15, 0.2) is 5.78 Å². The first-order chi connectivity index (χ1) is 8.35. The lowest BCUT2D eigenvalue weighted by atomic mass is 10.1. The van der Waals surface area contributed by atoms with Gasteiger partial charge in [-0.05, 0) is 34.5 Å². The maximum Gasteiger partial charge on any atom is 0.162 e. The van der Waals surface area contributed by atoms with Gasteiger partial charge in [-0.3, -0.25) is 4.79 Å². The lowest BCUT2D eigenvalue weighted by Gasteiger charge is -2.03. The van der Waals surface area contributed by atoms with Crippen LogP contribution in [0.2, 0.25) is 5.02 Å². The van der Waals surface area contributed by atoms with Crippen molar-refractivity contribution < 1.29 is 13.2 Å². The third-order valence-corrected chi connectivity index (χ3v) is 5.56. The molecule has 3 nitrogen and oxygen atoms in total. The SMILES string of the molecule is CCS(=O)(=O)CCCC(=O)c1ccc(Br)c(Cl)c1. The summed E-state index contributed by atoms with van der Waals surface area (Å²) in [5.41, 5.74) is 0.511. The Bertz CT molecular complexity index is 540. The molecule has 0 aliphatic heterocycles. The quantitative estimate of drug-likeness (QED) is 0.735. The summed E-state index contributed by atoms with van der Waals surface area (Å²) < 4.78 is 23.3. The van der Waals surface area contributed by atoms with Crippen LogP contribution in [0.25, 0.3) is 0 Å². The summed E-state index contributed by atoms with van der Waals surface area (Å²) in [5, 5.41) is 0.474. The number of carbonyl (C=O) groups excluding carboxylic acids is 1. The van der Waals surface area contributed by atoms with E-state index in [-0.39, 0.29) is 23.7 Å². The molecule has 0 saturated heterocycles. The molecule has 100 valence electrons. The molecule has 1 aromatic carbocycles. The number of carbonyl (C=O) groups is 1. The maximum absolute atomic E-state index is 11.8. The Hall–Kier alpha value is -0.390. The minimum Gasteiger partial charge on any atom is -0.294 e. The van der Waals surface area contributed by atoms with E-state index in [2.05, 4.69) is 15.9 Å². The normalized spacial score (nSPS) is 11.5. The highest BCUT2D eigenvalue weighted by Gasteiger charge is 2.11. The Morgan fingerprint density at radius 3 is 2.61 bits per heavy atom.